The van der Waals surface area contributed by atoms with Gasteiger partial charge >= 0.3 is 0 Å². The van der Waals surface area contributed by atoms with Gasteiger partial charge in [-0.15, -0.1) is 0 Å². The largest absolute Gasteiger partial charge is 0.390 e. The zero-order chi connectivity index (χ0) is 17.3. The Kier molecular flexibility index (Phi) is 2.04. The Morgan fingerprint density at radius 3 is 2.68 bits per heavy atom. The quantitative estimate of drug-likeness (QED) is 0.472. The number of rotatable bonds is 0. The second-order valence-electron chi connectivity index (χ2n) is 10.8. The van der Waals surface area contributed by atoms with Gasteiger partial charge in [-0.1, -0.05) is 19.1 Å². The van der Waals surface area contributed by atoms with Gasteiger partial charge in [-0.05, 0) is 49.9 Å². The van der Waals surface area contributed by atoms with E-state index >= 15 is 0 Å². The molecule has 25 heavy (non-hydrogen) atoms. The first-order chi connectivity index (χ1) is 11.7. The van der Waals surface area contributed by atoms with Crippen LogP contribution in [0.25, 0.3) is 0 Å². The standard InChI is InChI=1S/C20H27NO4/c1-8-4-18-6-11-13-17(2)7-12(22)15(23)20(13)14(21(11)16(17)24)10(18)3-9(8)5-19(18,20)25/h9-16,22-25H,1,3-7H2,2H3/t9-,10+,11+,12-,13?,14?,15+,16+,17+,18?,19-,20?/m0/s1. The smallest absolute Gasteiger partial charge is 0.113 e. The molecule has 0 radical (unpaired) electrons. The molecule has 6 saturated carbocycles. The predicted octanol–water partition coefficient (Wildman–Crippen LogP) is 0.226. The maximum absolute atomic E-state index is 12.3. The van der Waals surface area contributed by atoms with Crippen LogP contribution in [0.4, 0.5) is 0 Å². The third kappa shape index (κ3) is 0.981. The number of hydrogen-bond acceptors (Lipinski definition) is 5. The molecule has 9 rings (SSSR count). The van der Waals surface area contributed by atoms with Crippen molar-refractivity contribution in [2.24, 2.45) is 34.0 Å². The Balaban J connectivity index is 1.58. The third-order valence-corrected chi connectivity index (χ3v) is 10.6. The fourth-order valence-electron chi connectivity index (χ4n) is 10.4. The van der Waals surface area contributed by atoms with Crippen LogP contribution in [0.2, 0.25) is 0 Å². The van der Waals surface area contributed by atoms with Crippen LogP contribution in [-0.4, -0.2) is 61.4 Å². The molecule has 136 valence electrons. The fraction of sp³-hybridized carbons (Fsp3) is 0.900. The third-order valence-electron chi connectivity index (χ3n) is 10.6. The number of aliphatic hydroxyl groups is 4. The minimum absolute atomic E-state index is 0.00683. The molecule has 5 unspecified atom stereocenters. The van der Waals surface area contributed by atoms with E-state index in [9.17, 15) is 20.4 Å². The molecule has 0 amide bonds. The molecule has 3 aliphatic heterocycles. The SMILES string of the molecule is C=C1CC23C[C@@H]4C5C67C([C@H]2C[C@H]1C[C@]36O)N4[C@H](O)[C@]5(C)C[C@H](O)[C@H]7O. The monoisotopic (exact) mass is 345 g/mol. The Morgan fingerprint density at radius 2 is 1.92 bits per heavy atom. The first-order valence-corrected chi connectivity index (χ1v) is 9.96. The first-order valence-electron chi connectivity index (χ1n) is 9.96. The van der Waals surface area contributed by atoms with Crippen LogP contribution in [0, 0.1) is 34.0 Å². The number of hydrogen-bond donors (Lipinski definition) is 4. The van der Waals surface area contributed by atoms with Gasteiger partial charge < -0.3 is 20.4 Å². The van der Waals surface area contributed by atoms with Crippen molar-refractivity contribution in [3.05, 3.63) is 12.2 Å². The molecule has 3 saturated heterocycles. The summed E-state index contributed by atoms with van der Waals surface area (Å²) in [6.07, 6.45) is 1.59. The molecule has 5 nitrogen and oxygen atoms in total. The number of aliphatic hydroxyl groups excluding tert-OH is 3. The topological polar surface area (TPSA) is 84.2 Å². The van der Waals surface area contributed by atoms with Crippen molar-refractivity contribution in [3.63, 3.8) is 0 Å². The molecule has 6 aliphatic carbocycles. The molecule has 0 aromatic carbocycles. The summed E-state index contributed by atoms with van der Waals surface area (Å²) in [4.78, 5) is 2.27. The molecule has 4 N–H and O–H groups in total. The van der Waals surface area contributed by atoms with E-state index in [-0.39, 0.29) is 23.4 Å². The van der Waals surface area contributed by atoms with E-state index < -0.39 is 34.9 Å². The van der Waals surface area contributed by atoms with E-state index in [1.807, 2.05) is 0 Å². The highest BCUT2D eigenvalue weighted by molar-refractivity contribution is 5.47. The lowest BCUT2D eigenvalue weighted by Gasteiger charge is -2.68. The van der Waals surface area contributed by atoms with E-state index in [1.54, 1.807) is 0 Å². The summed E-state index contributed by atoms with van der Waals surface area (Å²) in [5.41, 5.74) is -0.982. The zero-order valence-corrected chi connectivity index (χ0v) is 14.6. The van der Waals surface area contributed by atoms with Gasteiger partial charge in [0.05, 0.1) is 17.8 Å². The zero-order valence-electron chi connectivity index (χ0n) is 14.6. The van der Waals surface area contributed by atoms with E-state index in [2.05, 4.69) is 18.4 Å². The molecule has 5 heteroatoms. The lowest BCUT2D eigenvalue weighted by molar-refractivity contribution is -0.298. The van der Waals surface area contributed by atoms with E-state index in [0.29, 0.717) is 24.7 Å². The summed E-state index contributed by atoms with van der Waals surface area (Å²) in [6, 6.07) is 0.235. The molecule has 13 atom stereocenters. The van der Waals surface area contributed by atoms with Gasteiger partial charge in [0.25, 0.3) is 0 Å². The Labute approximate surface area is 147 Å². The summed E-state index contributed by atoms with van der Waals surface area (Å²) in [5.74, 6) is 0.706. The number of allylic oxidation sites excluding steroid dienone is 1. The molecule has 0 aromatic heterocycles. The van der Waals surface area contributed by atoms with Crippen LogP contribution in [0.5, 0.6) is 0 Å². The van der Waals surface area contributed by atoms with Gasteiger partial charge in [0, 0.05) is 28.3 Å². The van der Waals surface area contributed by atoms with Crippen molar-refractivity contribution in [1.29, 1.82) is 0 Å². The van der Waals surface area contributed by atoms with Crippen molar-refractivity contribution in [3.8, 4) is 0 Å². The van der Waals surface area contributed by atoms with Gasteiger partial charge in [0.2, 0.25) is 0 Å². The lowest BCUT2D eigenvalue weighted by Crippen LogP contribution is -2.76. The summed E-state index contributed by atoms with van der Waals surface area (Å²) in [5, 5.41) is 45.6. The number of piperidine rings is 2. The molecule has 3 heterocycles. The second-order valence-corrected chi connectivity index (χ2v) is 10.8. The molecule has 2 spiro atoms. The average molecular weight is 345 g/mol. The minimum Gasteiger partial charge on any atom is -0.390 e. The van der Waals surface area contributed by atoms with Gasteiger partial charge in [0.1, 0.15) is 6.23 Å². The molecule has 0 aromatic rings. The number of fused-ring (bicyclic) bond motifs is 1. The van der Waals surface area contributed by atoms with Crippen LogP contribution >= 0.6 is 0 Å². The van der Waals surface area contributed by atoms with Crippen molar-refractivity contribution in [2.75, 3.05) is 0 Å². The normalized spacial score (nSPS) is 76.5. The highest BCUT2D eigenvalue weighted by atomic mass is 16.3. The van der Waals surface area contributed by atoms with E-state index in [4.69, 9.17) is 0 Å². The van der Waals surface area contributed by atoms with Crippen molar-refractivity contribution in [1.82, 2.24) is 4.90 Å². The molecular formula is C20H27NO4. The van der Waals surface area contributed by atoms with Crippen LogP contribution in [0.15, 0.2) is 12.2 Å². The van der Waals surface area contributed by atoms with Crippen LogP contribution < -0.4 is 0 Å². The van der Waals surface area contributed by atoms with Gasteiger partial charge in [-0.3, -0.25) is 4.90 Å². The van der Waals surface area contributed by atoms with Crippen molar-refractivity contribution < 1.29 is 20.4 Å². The Morgan fingerprint density at radius 1 is 1.16 bits per heavy atom. The summed E-state index contributed by atoms with van der Waals surface area (Å²) in [7, 11) is 0. The fourth-order valence-corrected chi connectivity index (χ4v) is 10.4. The predicted molar refractivity (Wildman–Crippen MR) is 88.1 cm³/mol. The molecule has 9 fully saturated rings. The van der Waals surface area contributed by atoms with Gasteiger partial charge in [0.15, 0.2) is 0 Å². The summed E-state index contributed by atoms with van der Waals surface area (Å²) < 4.78 is 0. The summed E-state index contributed by atoms with van der Waals surface area (Å²) in [6.45, 7) is 6.39. The number of nitrogens with zero attached hydrogens (tertiary/aromatic N) is 1. The molecule has 9 aliphatic rings. The minimum atomic E-state index is -0.933. The maximum atomic E-state index is 12.3. The Hall–Kier alpha value is -0.460. The van der Waals surface area contributed by atoms with E-state index in [1.165, 1.54) is 5.57 Å². The maximum Gasteiger partial charge on any atom is 0.113 e. The highest BCUT2D eigenvalue weighted by Gasteiger charge is 2.95. The van der Waals surface area contributed by atoms with Crippen molar-refractivity contribution in [2.45, 2.75) is 75.1 Å². The first kappa shape index (κ1) is 14.6. The van der Waals surface area contributed by atoms with Crippen LogP contribution in [0.1, 0.15) is 39.0 Å². The van der Waals surface area contributed by atoms with Crippen molar-refractivity contribution >= 4 is 0 Å². The van der Waals surface area contributed by atoms with Gasteiger partial charge in [-0.2, -0.15) is 0 Å². The Bertz CT molecular complexity index is 756. The van der Waals surface area contributed by atoms with E-state index in [0.717, 1.165) is 19.3 Å². The highest BCUT2D eigenvalue weighted by Crippen LogP contribution is 2.88. The second kappa shape index (κ2) is 3.49. The lowest BCUT2D eigenvalue weighted by atomic mass is 9.38. The summed E-state index contributed by atoms with van der Waals surface area (Å²) >= 11 is 0. The van der Waals surface area contributed by atoms with Crippen LogP contribution in [0.3, 0.4) is 0 Å². The van der Waals surface area contributed by atoms with Crippen LogP contribution in [-0.2, 0) is 0 Å². The van der Waals surface area contributed by atoms with Gasteiger partial charge in [-0.25, -0.2) is 0 Å². The average Bonchev–Trinajstić information content (AvgIpc) is 2.90. The molecular weight excluding hydrogens is 318 g/mol. The molecule has 9 bridgehead atoms.